The van der Waals surface area contributed by atoms with Crippen LogP contribution in [-0.4, -0.2) is 173 Å². The number of rotatable bonds is 29. The van der Waals surface area contributed by atoms with Gasteiger partial charge in [-0.05, 0) is 303 Å². The molecule has 0 spiro atoms. The molecule has 13 aromatic heterocycles. The summed E-state index contributed by atoms with van der Waals surface area (Å²) < 4.78 is 135. The highest BCUT2D eigenvalue weighted by molar-refractivity contribution is 7.90. The molecule has 29 nitrogen and oxygen atoms in total. The molecule has 0 unspecified atom stereocenters. The number of hydrogen-bond donors (Lipinski definition) is 0. The van der Waals surface area contributed by atoms with Crippen LogP contribution in [0.15, 0.2) is 268 Å². The van der Waals surface area contributed by atoms with Crippen molar-refractivity contribution in [2.45, 2.75) is 123 Å². The first-order valence-electron chi connectivity index (χ1n) is 47.0. The van der Waals surface area contributed by atoms with Gasteiger partial charge in [0.25, 0.3) is 5.91 Å². The molecule has 0 aliphatic carbocycles. The van der Waals surface area contributed by atoms with Crippen molar-refractivity contribution in [3.63, 3.8) is 0 Å². The maximum atomic E-state index is 14.3. The Kier molecular flexibility index (Phi) is 31.7. The van der Waals surface area contributed by atoms with E-state index in [1.165, 1.54) is 43.7 Å². The molecule has 0 fully saturated rings. The van der Waals surface area contributed by atoms with Crippen LogP contribution in [0.4, 0.5) is 22.0 Å². The molecule has 0 saturated heterocycles. The lowest BCUT2D eigenvalue weighted by atomic mass is 9.98. The number of carbonyl (C=O) groups excluding carboxylic acids is 1. The normalized spacial score (nSPS) is 11.3. The SMILES string of the molecule is CCn1nccc1-c1ccc(CCc2c(F)cccc2OC)n2cnnc12.COc1cccc(F)c1CCc1ccc(-c2ccc(C(=O)N(C)C)cc2C)c2nncn12.COc1cccc(F)c1CCc1ccc(-c2ccc(S(C)(=O)=O)cc2C)c2nncn12.COc1cccc(F)c1CCc1ccc(-c2ccncc2C)c2nncn12.COc1cccc(F)c1CCc1ccc(-c2ccnn2C(C)C)c2nncn12. The molecule has 0 aliphatic heterocycles. The number of pyridine rings is 6. The fourth-order valence-corrected chi connectivity index (χ4v) is 18.8. The molecule has 13 heterocycles. The highest BCUT2D eigenvalue weighted by Crippen LogP contribution is 2.38. The van der Waals surface area contributed by atoms with Gasteiger partial charge < -0.3 is 28.6 Å². The van der Waals surface area contributed by atoms with Gasteiger partial charge in [0.1, 0.15) is 89.5 Å². The first-order valence-corrected chi connectivity index (χ1v) is 48.9. The molecule has 7 aromatic carbocycles. The Morgan fingerprint density at radius 1 is 0.359 bits per heavy atom. The summed E-state index contributed by atoms with van der Waals surface area (Å²) in [6.45, 7) is 12.9. The minimum atomic E-state index is -3.28. The largest absolute Gasteiger partial charge is 0.496 e. The summed E-state index contributed by atoms with van der Waals surface area (Å²) in [6.07, 6.45) is 22.4. The lowest BCUT2D eigenvalue weighted by Gasteiger charge is -2.14. The summed E-state index contributed by atoms with van der Waals surface area (Å²) in [6, 6.07) is 61.4. The van der Waals surface area contributed by atoms with E-state index >= 15 is 0 Å². The van der Waals surface area contributed by atoms with Gasteiger partial charge in [0.2, 0.25) is 0 Å². The number of ether oxygens (including phenoxy) is 5. The van der Waals surface area contributed by atoms with Crippen molar-refractivity contribution in [1.29, 1.82) is 0 Å². The summed E-state index contributed by atoms with van der Waals surface area (Å²) in [5.74, 6) is 1.42. The molecular weight excluding hydrogens is 1870 g/mol. The minimum Gasteiger partial charge on any atom is -0.496 e. The molecule has 1 amide bonds. The highest BCUT2D eigenvalue weighted by Gasteiger charge is 2.25. The van der Waals surface area contributed by atoms with Crippen molar-refractivity contribution >= 4 is 44.0 Å². The summed E-state index contributed by atoms with van der Waals surface area (Å²) in [5.41, 5.74) is 24.6. The molecule has 0 atom stereocenters. The molecule has 0 radical (unpaired) electrons. The zero-order valence-electron chi connectivity index (χ0n) is 82.6. The Bertz CT molecular complexity index is 8170. The van der Waals surface area contributed by atoms with Crippen LogP contribution in [0, 0.1) is 49.9 Å². The molecule has 0 saturated carbocycles. The van der Waals surface area contributed by atoms with E-state index in [4.69, 9.17) is 23.7 Å². The number of methoxy groups -OCH3 is 5. The van der Waals surface area contributed by atoms with Gasteiger partial charge in [0.05, 0.1) is 51.8 Å². The van der Waals surface area contributed by atoms with E-state index in [1.54, 1.807) is 177 Å². The smallest absolute Gasteiger partial charge is 0.253 e. The number of sulfone groups is 1. The second kappa shape index (κ2) is 45.5. The zero-order chi connectivity index (χ0) is 102. The number of hydrogen-bond acceptors (Lipinski definition) is 21. The molecule has 20 aromatic rings. The molecule has 742 valence electrons. The Balaban J connectivity index is 0.000000130. The average molecular weight is 1980 g/mol. The number of benzene rings is 7. The zero-order valence-corrected chi connectivity index (χ0v) is 83.5. The van der Waals surface area contributed by atoms with Crippen molar-refractivity contribution in [3.8, 4) is 84.6 Å². The quantitative estimate of drug-likeness (QED) is 0.0393. The van der Waals surface area contributed by atoms with Crippen molar-refractivity contribution < 1.29 is 58.8 Å². The second-order valence-electron chi connectivity index (χ2n) is 34.9. The Morgan fingerprint density at radius 3 is 0.986 bits per heavy atom. The fourth-order valence-electron chi connectivity index (χ4n) is 18.0. The first kappa shape index (κ1) is 101. The molecule has 0 bridgehead atoms. The second-order valence-corrected chi connectivity index (χ2v) is 36.9. The maximum absolute atomic E-state index is 14.3. The van der Waals surface area contributed by atoms with Crippen molar-refractivity contribution in [2.24, 2.45) is 0 Å². The van der Waals surface area contributed by atoms with Gasteiger partial charge in [-0.3, -0.25) is 41.1 Å². The van der Waals surface area contributed by atoms with Crippen LogP contribution in [0.1, 0.15) is 110 Å². The third-order valence-corrected chi connectivity index (χ3v) is 26.6. The summed E-state index contributed by atoms with van der Waals surface area (Å²) in [7, 11) is 7.94. The number of halogens is 5. The van der Waals surface area contributed by atoms with Crippen molar-refractivity contribution in [1.82, 2.24) is 102 Å². The standard InChI is InChI=1S/C25H25FN4O2.C23H22FN3O3S.C21H22FN5O.C21H19FN4O.C20H20FN5O/c1-16-14-17(25(31)29(2)3)8-11-19(16)20-12-9-18(30-15-27-28-24(20)30)10-13-21-22(26)6-5-7-23(21)32-4;1-15-13-17(31(3,28)29)9-12-18(15)19-10-7-16(27-14-25-26-23(19)27)8-11-20-21(24)5-4-6-22(20)30-2;1-14(2)27-19(11-12-24-27)17-10-8-15(26-13-23-25-21(17)26)7-9-16-18(22)5-4-6-20(16)28-3;1-14-12-23-11-10-16(14)17-8-6-15(26-13-24-25-21(17)26)7-9-18-19(22)4-3-5-20(18)27-2;1-3-26-18(11-12-23-26)16-10-8-14(25-13-22-24-20(16)25)7-9-15-17(21)5-4-6-19(15)27-2/h5-9,11-12,14-15H,10,13H2,1-4H3;4-7,9-10,12-14H,8,11H2,1-3H3;4-6,8,10-14H,7,9H2,1-3H3;3-6,8,10-13H,7,9H2,1-2H3;4-6,8,10-13H,3,7,9H2,1-2H3. The highest BCUT2D eigenvalue weighted by atomic mass is 32.2. The van der Waals surface area contributed by atoms with Gasteiger partial charge in [-0.25, -0.2) is 30.4 Å². The van der Waals surface area contributed by atoms with E-state index in [9.17, 15) is 35.2 Å². The van der Waals surface area contributed by atoms with Crippen LogP contribution in [0.25, 0.3) is 84.1 Å². The summed E-state index contributed by atoms with van der Waals surface area (Å²) in [4.78, 5) is 18.3. The lowest BCUT2D eigenvalue weighted by Crippen LogP contribution is -2.21. The minimum absolute atomic E-state index is 0.0359. The summed E-state index contributed by atoms with van der Waals surface area (Å²) in [5, 5.41) is 50.7. The van der Waals surface area contributed by atoms with Crippen molar-refractivity contribution in [2.75, 3.05) is 55.9 Å². The molecule has 35 heteroatoms. The van der Waals surface area contributed by atoms with Gasteiger partial charge in [-0.15, -0.1) is 51.0 Å². The topological polar surface area (TPSA) is 300 Å². The van der Waals surface area contributed by atoms with Gasteiger partial charge >= 0.3 is 0 Å². The van der Waals surface area contributed by atoms with E-state index < -0.39 is 9.84 Å². The van der Waals surface area contributed by atoms with E-state index in [-0.39, 0.29) is 45.9 Å². The van der Waals surface area contributed by atoms with Crippen LogP contribution in [0.2, 0.25) is 0 Å². The van der Waals surface area contributed by atoms with Crippen LogP contribution in [0.5, 0.6) is 28.7 Å². The average Bonchev–Trinajstić information content (AvgIpc) is 1.65. The third kappa shape index (κ3) is 22.2. The number of fused-ring (bicyclic) bond motifs is 5. The van der Waals surface area contributed by atoms with Gasteiger partial charge in [-0.2, -0.15) is 10.2 Å². The predicted octanol–water partition coefficient (Wildman–Crippen LogP) is 20.1. The van der Waals surface area contributed by atoms with Gasteiger partial charge in [0.15, 0.2) is 38.1 Å². The summed E-state index contributed by atoms with van der Waals surface area (Å²) >= 11 is 0. The molecule has 145 heavy (non-hydrogen) atoms. The fraction of sp³-hybridized carbons (Fsp3) is 0.236. The van der Waals surface area contributed by atoms with Crippen molar-refractivity contribution in [3.05, 3.63) is 370 Å². The Morgan fingerprint density at radius 2 is 0.669 bits per heavy atom. The number of aryl methyl sites for hydroxylation is 9. The molecule has 0 N–H and O–H groups in total. The predicted molar refractivity (Wildman–Crippen MR) is 545 cm³/mol. The van der Waals surface area contributed by atoms with Crippen LogP contribution < -0.4 is 23.7 Å². The number of nitrogens with zero attached hydrogens (tertiary/aromatic N) is 21. The van der Waals surface area contributed by atoms with Crippen LogP contribution in [-0.2, 0) is 80.6 Å². The molecule has 20 rings (SSSR count). The van der Waals surface area contributed by atoms with E-state index in [1.807, 2.05) is 162 Å². The number of amides is 1. The number of carbonyl (C=O) groups is 1. The van der Waals surface area contributed by atoms with Gasteiger partial charge in [-0.1, -0.05) is 42.5 Å². The maximum Gasteiger partial charge on any atom is 0.253 e. The van der Waals surface area contributed by atoms with E-state index in [2.05, 4.69) is 80.0 Å². The lowest BCUT2D eigenvalue weighted by molar-refractivity contribution is 0.0827. The Labute approximate surface area is 834 Å². The molecular formula is C110H108F5N21O8S. The Hall–Kier alpha value is -16.7. The van der Waals surface area contributed by atoms with Crippen LogP contribution >= 0.6 is 0 Å². The van der Waals surface area contributed by atoms with Crippen LogP contribution in [0.3, 0.4) is 0 Å². The third-order valence-electron chi connectivity index (χ3n) is 25.5. The van der Waals surface area contributed by atoms with E-state index in [0.29, 0.717) is 132 Å². The first-order chi connectivity index (χ1) is 70.2. The van der Waals surface area contributed by atoms with E-state index in [0.717, 1.165) is 130 Å². The van der Waals surface area contributed by atoms with Gasteiger partial charge in [0, 0.05) is 147 Å². The monoisotopic (exact) mass is 1980 g/mol. The molecule has 0 aliphatic rings. The number of aromatic nitrogens is 20.